The number of nitrogens with two attached hydrogens (primary N) is 1. The fourth-order valence-electron chi connectivity index (χ4n) is 1.31. The molecule has 2 heterocycles. The highest BCUT2D eigenvalue weighted by Gasteiger charge is 2.23. The van der Waals surface area contributed by atoms with Gasteiger partial charge >= 0.3 is 5.97 Å². The summed E-state index contributed by atoms with van der Waals surface area (Å²) in [4.78, 5) is 26.6. The largest absolute Gasteiger partial charge is 0.457 e. The summed E-state index contributed by atoms with van der Waals surface area (Å²) in [5.41, 5.74) is 6.22. The number of carbonyl (C=O) groups excluding carboxylic acids is 1. The van der Waals surface area contributed by atoms with Crippen LogP contribution in [0.4, 0.5) is 5.82 Å². The highest BCUT2D eigenvalue weighted by Crippen LogP contribution is 2.17. The molecule has 3 N–H and O–H groups in total. The molecule has 0 fully saturated rings. The van der Waals surface area contributed by atoms with Crippen LogP contribution in [-0.2, 0) is 16.1 Å². The van der Waals surface area contributed by atoms with E-state index in [1.165, 1.54) is 6.33 Å². The molecule has 2 aromatic heterocycles. The number of carbonyl (C=O) groups is 1. The molecule has 0 spiro atoms. The van der Waals surface area contributed by atoms with Gasteiger partial charge in [-0.15, -0.1) is 0 Å². The Morgan fingerprint density at radius 3 is 2.83 bits per heavy atom. The first-order valence-corrected chi connectivity index (χ1v) is 5.50. The number of anilines is 1. The summed E-state index contributed by atoms with van der Waals surface area (Å²) >= 11 is 0. The van der Waals surface area contributed by atoms with Gasteiger partial charge in [-0.2, -0.15) is 0 Å². The van der Waals surface area contributed by atoms with Gasteiger partial charge in [0.2, 0.25) is 0 Å². The first-order chi connectivity index (χ1) is 8.38. The van der Waals surface area contributed by atoms with Gasteiger partial charge in [-0.3, -0.25) is 4.79 Å². The third kappa shape index (κ3) is 2.39. The standard InChI is InChI=1S/C11H15N5O2/c1-11(2,3)10(17)18-4-6-15-8(12)7-9(16-6)14-5-13-7/h5H,4H2,1-3H3,(H3,12,13,14,15,16). The normalized spacial score (nSPS) is 11.7. The van der Waals surface area contributed by atoms with E-state index in [1.807, 2.05) is 0 Å². The van der Waals surface area contributed by atoms with Crippen molar-refractivity contribution in [1.82, 2.24) is 19.9 Å². The summed E-state index contributed by atoms with van der Waals surface area (Å²) in [7, 11) is 0. The number of H-pyrrole nitrogens is 1. The second kappa shape index (κ2) is 4.25. The predicted octanol–water partition coefficient (Wildman–Crippen LogP) is 1.02. The molecule has 0 aliphatic rings. The number of nitrogen functional groups attached to an aromatic ring is 1. The van der Waals surface area contributed by atoms with Crippen molar-refractivity contribution in [2.45, 2.75) is 27.4 Å². The van der Waals surface area contributed by atoms with E-state index in [2.05, 4.69) is 19.9 Å². The molecule has 96 valence electrons. The molecule has 0 aliphatic heterocycles. The maximum Gasteiger partial charge on any atom is 0.311 e. The zero-order valence-corrected chi connectivity index (χ0v) is 10.5. The summed E-state index contributed by atoms with van der Waals surface area (Å²) in [5, 5.41) is 0. The minimum atomic E-state index is -0.554. The van der Waals surface area contributed by atoms with Crippen molar-refractivity contribution >= 4 is 23.0 Å². The van der Waals surface area contributed by atoms with Crippen LogP contribution in [0.2, 0.25) is 0 Å². The monoisotopic (exact) mass is 249 g/mol. The Hall–Kier alpha value is -2.18. The number of ether oxygens (including phenoxy) is 1. The number of imidazole rings is 1. The van der Waals surface area contributed by atoms with E-state index >= 15 is 0 Å². The molecule has 2 aromatic rings. The van der Waals surface area contributed by atoms with Gasteiger partial charge in [-0.1, -0.05) is 0 Å². The topological polar surface area (TPSA) is 107 Å². The van der Waals surface area contributed by atoms with Crippen molar-refractivity contribution < 1.29 is 9.53 Å². The van der Waals surface area contributed by atoms with E-state index < -0.39 is 5.41 Å². The molecule has 0 radical (unpaired) electrons. The highest BCUT2D eigenvalue weighted by atomic mass is 16.5. The summed E-state index contributed by atoms with van der Waals surface area (Å²) < 4.78 is 5.12. The van der Waals surface area contributed by atoms with Gasteiger partial charge in [0.05, 0.1) is 11.7 Å². The Balaban J connectivity index is 2.15. The number of rotatable bonds is 2. The zero-order chi connectivity index (χ0) is 13.3. The molecular formula is C11H15N5O2. The molecule has 0 atom stereocenters. The minimum Gasteiger partial charge on any atom is -0.457 e. The third-order valence-corrected chi connectivity index (χ3v) is 2.30. The van der Waals surface area contributed by atoms with Gasteiger partial charge < -0.3 is 15.5 Å². The van der Waals surface area contributed by atoms with Crippen LogP contribution in [0.3, 0.4) is 0 Å². The molecule has 0 unspecified atom stereocenters. The van der Waals surface area contributed by atoms with Crippen molar-refractivity contribution in [3.63, 3.8) is 0 Å². The van der Waals surface area contributed by atoms with Crippen LogP contribution in [0.25, 0.3) is 11.2 Å². The van der Waals surface area contributed by atoms with Crippen molar-refractivity contribution in [2.24, 2.45) is 5.41 Å². The van der Waals surface area contributed by atoms with Crippen molar-refractivity contribution in [3.05, 3.63) is 12.2 Å². The second-order valence-corrected chi connectivity index (χ2v) is 4.95. The van der Waals surface area contributed by atoms with Crippen LogP contribution in [0.1, 0.15) is 26.6 Å². The average molecular weight is 249 g/mol. The highest BCUT2D eigenvalue weighted by molar-refractivity contribution is 5.80. The number of nitrogens with one attached hydrogen (secondary N) is 1. The van der Waals surface area contributed by atoms with Crippen LogP contribution in [0.5, 0.6) is 0 Å². The van der Waals surface area contributed by atoms with Crippen molar-refractivity contribution in [2.75, 3.05) is 5.73 Å². The lowest BCUT2D eigenvalue weighted by atomic mass is 9.97. The first kappa shape index (κ1) is 12.3. The van der Waals surface area contributed by atoms with Gasteiger partial charge in [0.1, 0.15) is 5.52 Å². The Morgan fingerprint density at radius 1 is 1.44 bits per heavy atom. The SMILES string of the molecule is CC(C)(C)C(=O)OCc1nc(N)c2[nH]cnc2n1. The number of nitrogens with zero attached hydrogens (tertiary/aromatic N) is 3. The predicted molar refractivity (Wildman–Crippen MR) is 65.3 cm³/mol. The van der Waals surface area contributed by atoms with Crippen LogP contribution in [0, 0.1) is 5.41 Å². The van der Waals surface area contributed by atoms with E-state index in [4.69, 9.17) is 10.5 Å². The van der Waals surface area contributed by atoms with Gasteiger partial charge in [-0.05, 0) is 20.8 Å². The third-order valence-electron chi connectivity index (χ3n) is 2.30. The van der Waals surface area contributed by atoms with E-state index in [0.717, 1.165) is 0 Å². The van der Waals surface area contributed by atoms with E-state index in [-0.39, 0.29) is 12.6 Å². The number of fused-ring (bicyclic) bond motifs is 1. The molecule has 0 bridgehead atoms. The summed E-state index contributed by atoms with van der Waals surface area (Å²) in [6.07, 6.45) is 1.49. The Morgan fingerprint density at radius 2 is 2.17 bits per heavy atom. The molecule has 0 aromatic carbocycles. The van der Waals surface area contributed by atoms with Gasteiger partial charge in [0.15, 0.2) is 23.9 Å². The van der Waals surface area contributed by atoms with Crippen LogP contribution >= 0.6 is 0 Å². The quantitative estimate of drug-likeness (QED) is 0.769. The molecule has 0 saturated carbocycles. The Labute approximate surface area is 104 Å². The second-order valence-electron chi connectivity index (χ2n) is 4.95. The maximum absolute atomic E-state index is 11.6. The minimum absolute atomic E-state index is 0.0108. The summed E-state index contributed by atoms with van der Waals surface area (Å²) in [6.45, 7) is 5.33. The summed E-state index contributed by atoms with van der Waals surface area (Å²) in [6, 6.07) is 0. The zero-order valence-electron chi connectivity index (χ0n) is 10.5. The molecule has 0 aliphatic carbocycles. The van der Waals surface area contributed by atoms with Crippen LogP contribution < -0.4 is 5.73 Å². The lowest BCUT2D eigenvalue weighted by Crippen LogP contribution is -2.23. The summed E-state index contributed by atoms with van der Waals surface area (Å²) in [5.74, 6) is 0.316. The van der Waals surface area contributed by atoms with Gasteiger partial charge in [-0.25, -0.2) is 15.0 Å². The molecule has 18 heavy (non-hydrogen) atoms. The fraction of sp³-hybridized carbons (Fsp3) is 0.455. The van der Waals surface area contributed by atoms with E-state index in [1.54, 1.807) is 20.8 Å². The molecule has 0 saturated heterocycles. The lowest BCUT2D eigenvalue weighted by Gasteiger charge is -2.15. The Bertz CT molecular complexity index is 585. The van der Waals surface area contributed by atoms with Gasteiger partial charge in [0.25, 0.3) is 0 Å². The van der Waals surface area contributed by atoms with Gasteiger partial charge in [0, 0.05) is 0 Å². The average Bonchev–Trinajstić information content (AvgIpc) is 2.73. The molecule has 2 rings (SSSR count). The van der Waals surface area contributed by atoms with Crippen molar-refractivity contribution in [1.29, 1.82) is 0 Å². The first-order valence-electron chi connectivity index (χ1n) is 5.50. The number of hydrogen-bond acceptors (Lipinski definition) is 6. The Kier molecular flexibility index (Phi) is 2.90. The number of aromatic amines is 1. The fourth-order valence-corrected chi connectivity index (χ4v) is 1.31. The van der Waals surface area contributed by atoms with E-state index in [0.29, 0.717) is 22.8 Å². The van der Waals surface area contributed by atoms with E-state index in [9.17, 15) is 4.79 Å². The molecular weight excluding hydrogens is 234 g/mol. The molecule has 7 nitrogen and oxygen atoms in total. The van der Waals surface area contributed by atoms with Crippen LogP contribution in [0.15, 0.2) is 6.33 Å². The maximum atomic E-state index is 11.6. The number of hydrogen-bond donors (Lipinski definition) is 2. The van der Waals surface area contributed by atoms with Crippen LogP contribution in [-0.4, -0.2) is 25.9 Å². The van der Waals surface area contributed by atoms with Crippen molar-refractivity contribution in [3.8, 4) is 0 Å². The molecule has 0 amide bonds. The smallest absolute Gasteiger partial charge is 0.311 e. The number of esters is 1. The number of aromatic nitrogens is 4. The molecule has 7 heteroatoms. The lowest BCUT2D eigenvalue weighted by molar-refractivity contribution is -0.154.